The second kappa shape index (κ2) is 7.94. The quantitative estimate of drug-likeness (QED) is 0.535. The van der Waals surface area contributed by atoms with Crippen LogP contribution in [0.2, 0.25) is 0 Å². The van der Waals surface area contributed by atoms with Gasteiger partial charge in [0.05, 0.1) is 4.92 Å². The molecule has 0 spiro atoms. The summed E-state index contributed by atoms with van der Waals surface area (Å²) >= 11 is 0. The summed E-state index contributed by atoms with van der Waals surface area (Å²) in [6.45, 7) is 8.91. The van der Waals surface area contributed by atoms with E-state index in [9.17, 15) is 14.5 Å². The van der Waals surface area contributed by atoms with Gasteiger partial charge in [0.1, 0.15) is 0 Å². The van der Waals surface area contributed by atoms with Crippen molar-refractivity contribution in [1.82, 2.24) is 4.90 Å². The van der Waals surface area contributed by atoms with Gasteiger partial charge in [-0.15, -0.1) is 0 Å². The summed E-state index contributed by atoms with van der Waals surface area (Å²) in [5, 5.41) is 10.6. The molecule has 112 valence electrons. The number of halogens is 1. The minimum atomic E-state index is -0.758. The summed E-state index contributed by atoms with van der Waals surface area (Å²) in [5.41, 5.74) is 0.317. The van der Waals surface area contributed by atoms with E-state index < -0.39 is 16.4 Å². The minimum Gasteiger partial charge on any atom is -0.299 e. The van der Waals surface area contributed by atoms with E-state index in [1.54, 1.807) is 6.07 Å². The fourth-order valence-corrected chi connectivity index (χ4v) is 2.27. The Morgan fingerprint density at radius 3 is 2.40 bits per heavy atom. The van der Waals surface area contributed by atoms with E-state index in [2.05, 4.69) is 25.7 Å². The number of benzene rings is 1. The van der Waals surface area contributed by atoms with E-state index in [0.29, 0.717) is 12.5 Å². The van der Waals surface area contributed by atoms with Crippen molar-refractivity contribution in [3.05, 3.63) is 39.7 Å². The molecule has 0 unspecified atom stereocenters. The summed E-state index contributed by atoms with van der Waals surface area (Å²) in [6, 6.07) is 4.15. The van der Waals surface area contributed by atoms with Gasteiger partial charge in [0, 0.05) is 19.2 Å². The molecule has 1 rings (SSSR count). The lowest BCUT2D eigenvalue weighted by atomic mass is 10.0. The van der Waals surface area contributed by atoms with Crippen molar-refractivity contribution in [1.29, 1.82) is 0 Å². The standard InChI is InChI=1S/C15H23FN2O2/c1-4-12(5-2)10-17(6-3)11-13-7-8-15(18(19)20)14(16)9-13/h7-9,12H,4-6,10-11H2,1-3H3. The Morgan fingerprint density at radius 1 is 1.30 bits per heavy atom. The maximum absolute atomic E-state index is 13.6. The highest BCUT2D eigenvalue weighted by Crippen LogP contribution is 2.19. The monoisotopic (exact) mass is 282 g/mol. The number of hydrogen-bond donors (Lipinski definition) is 0. The molecule has 4 nitrogen and oxygen atoms in total. The zero-order valence-electron chi connectivity index (χ0n) is 12.4. The molecule has 5 heteroatoms. The number of nitro groups is 1. The van der Waals surface area contributed by atoms with Crippen LogP contribution in [0, 0.1) is 21.8 Å². The van der Waals surface area contributed by atoms with Crippen LogP contribution >= 0.6 is 0 Å². The van der Waals surface area contributed by atoms with Gasteiger partial charge >= 0.3 is 5.69 Å². The fraction of sp³-hybridized carbons (Fsp3) is 0.600. The Labute approximate surface area is 119 Å². The molecule has 0 aliphatic heterocycles. The van der Waals surface area contributed by atoms with Gasteiger partial charge in [0.15, 0.2) is 0 Å². The Bertz CT molecular complexity index is 447. The molecule has 0 N–H and O–H groups in total. The number of rotatable bonds is 8. The highest BCUT2D eigenvalue weighted by Gasteiger charge is 2.15. The van der Waals surface area contributed by atoms with E-state index in [1.165, 1.54) is 12.1 Å². The van der Waals surface area contributed by atoms with Crippen LogP contribution in [0.5, 0.6) is 0 Å². The summed E-state index contributed by atoms with van der Waals surface area (Å²) in [7, 11) is 0. The van der Waals surface area contributed by atoms with Crippen molar-refractivity contribution in [2.75, 3.05) is 13.1 Å². The topological polar surface area (TPSA) is 46.4 Å². The van der Waals surface area contributed by atoms with Gasteiger partial charge in [0.2, 0.25) is 5.82 Å². The van der Waals surface area contributed by atoms with E-state index in [-0.39, 0.29) is 0 Å². The maximum Gasteiger partial charge on any atom is 0.304 e. The Morgan fingerprint density at radius 2 is 1.95 bits per heavy atom. The molecular formula is C15H23FN2O2. The van der Waals surface area contributed by atoms with E-state index in [0.717, 1.165) is 31.5 Å². The molecule has 0 heterocycles. The third-order valence-electron chi connectivity index (χ3n) is 3.73. The third-order valence-corrected chi connectivity index (χ3v) is 3.73. The van der Waals surface area contributed by atoms with Gasteiger partial charge in [-0.3, -0.25) is 15.0 Å². The van der Waals surface area contributed by atoms with Crippen molar-refractivity contribution in [3.8, 4) is 0 Å². The van der Waals surface area contributed by atoms with E-state index >= 15 is 0 Å². The highest BCUT2D eigenvalue weighted by molar-refractivity contribution is 5.34. The smallest absolute Gasteiger partial charge is 0.299 e. The Balaban J connectivity index is 2.75. The van der Waals surface area contributed by atoms with Gasteiger partial charge in [-0.25, -0.2) is 0 Å². The molecule has 0 bridgehead atoms. The molecule has 0 radical (unpaired) electrons. The van der Waals surface area contributed by atoms with Crippen molar-refractivity contribution in [2.45, 2.75) is 40.2 Å². The van der Waals surface area contributed by atoms with Crippen LogP contribution in [0.15, 0.2) is 18.2 Å². The average Bonchev–Trinajstić information content (AvgIpc) is 2.43. The molecule has 20 heavy (non-hydrogen) atoms. The second-order valence-electron chi connectivity index (χ2n) is 5.05. The average molecular weight is 282 g/mol. The van der Waals surface area contributed by atoms with Crippen LogP contribution in [0.4, 0.5) is 10.1 Å². The number of nitro benzene ring substituents is 1. The molecule has 1 aromatic carbocycles. The van der Waals surface area contributed by atoms with Crippen LogP contribution < -0.4 is 0 Å². The zero-order chi connectivity index (χ0) is 15.1. The number of hydrogen-bond acceptors (Lipinski definition) is 3. The van der Waals surface area contributed by atoms with E-state index in [4.69, 9.17) is 0 Å². The second-order valence-corrected chi connectivity index (χ2v) is 5.05. The van der Waals surface area contributed by atoms with Gasteiger partial charge in [-0.2, -0.15) is 4.39 Å². The molecule has 0 aliphatic carbocycles. The Kier molecular flexibility index (Phi) is 6.58. The lowest BCUT2D eigenvalue weighted by molar-refractivity contribution is -0.387. The normalized spacial score (nSPS) is 11.3. The fourth-order valence-electron chi connectivity index (χ4n) is 2.27. The van der Waals surface area contributed by atoms with Crippen LogP contribution in [0.1, 0.15) is 39.2 Å². The number of nitrogens with zero attached hydrogens (tertiary/aromatic N) is 2. The van der Waals surface area contributed by atoms with Crippen molar-refractivity contribution in [2.24, 2.45) is 5.92 Å². The van der Waals surface area contributed by atoms with Gasteiger partial charge < -0.3 is 0 Å². The summed E-state index contributed by atoms with van der Waals surface area (Å²) in [5.74, 6) is -0.121. The highest BCUT2D eigenvalue weighted by atomic mass is 19.1. The van der Waals surface area contributed by atoms with Gasteiger partial charge in [-0.1, -0.05) is 39.7 Å². The maximum atomic E-state index is 13.6. The lowest BCUT2D eigenvalue weighted by Crippen LogP contribution is -2.28. The first-order valence-corrected chi connectivity index (χ1v) is 7.16. The first-order chi connectivity index (χ1) is 9.51. The zero-order valence-corrected chi connectivity index (χ0v) is 12.4. The van der Waals surface area contributed by atoms with Crippen molar-refractivity contribution in [3.63, 3.8) is 0 Å². The van der Waals surface area contributed by atoms with Crippen LogP contribution in [-0.4, -0.2) is 22.9 Å². The molecule has 0 aromatic heterocycles. The molecule has 0 fully saturated rings. The molecular weight excluding hydrogens is 259 g/mol. The van der Waals surface area contributed by atoms with Crippen LogP contribution in [0.25, 0.3) is 0 Å². The van der Waals surface area contributed by atoms with Gasteiger partial charge in [-0.05, 0) is 24.1 Å². The molecule has 0 aliphatic rings. The third kappa shape index (κ3) is 4.56. The molecule has 0 saturated carbocycles. The van der Waals surface area contributed by atoms with Crippen molar-refractivity contribution >= 4 is 5.69 Å². The minimum absolute atomic E-state index is 0.461. The van der Waals surface area contributed by atoms with E-state index in [1.807, 2.05) is 0 Å². The summed E-state index contributed by atoms with van der Waals surface area (Å²) < 4.78 is 13.6. The SMILES string of the molecule is CCC(CC)CN(CC)Cc1ccc([N+](=O)[O-])c(F)c1. The van der Waals surface area contributed by atoms with Crippen molar-refractivity contribution < 1.29 is 9.31 Å². The molecule has 0 saturated heterocycles. The largest absolute Gasteiger partial charge is 0.304 e. The molecule has 0 atom stereocenters. The first kappa shape index (κ1) is 16.6. The Hall–Kier alpha value is -1.49. The van der Waals surface area contributed by atoms with Gasteiger partial charge in [0.25, 0.3) is 0 Å². The van der Waals surface area contributed by atoms with Crippen LogP contribution in [-0.2, 0) is 6.54 Å². The predicted molar refractivity (Wildman–Crippen MR) is 78.1 cm³/mol. The summed E-state index contributed by atoms with van der Waals surface area (Å²) in [4.78, 5) is 12.1. The predicted octanol–water partition coefficient (Wildman–Crippen LogP) is 3.99. The summed E-state index contributed by atoms with van der Waals surface area (Å²) in [6.07, 6.45) is 2.25. The lowest BCUT2D eigenvalue weighted by Gasteiger charge is -2.25. The first-order valence-electron chi connectivity index (χ1n) is 7.16. The molecule has 1 aromatic rings. The van der Waals surface area contributed by atoms with Crippen LogP contribution in [0.3, 0.4) is 0 Å². The molecule has 0 amide bonds.